The van der Waals surface area contributed by atoms with Crippen LogP contribution in [-0.4, -0.2) is 73.5 Å². The Balaban J connectivity index is 1.48. The molecule has 0 spiro atoms. The molecule has 2 aliphatic rings. The molecule has 0 saturated carbocycles. The highest BCUT2D eigenvalue weighted by Crippen LogP contribution is 2.36. The van der Waals surface area contributed by atoms with Crippen molar-refractivity contribution in [2.75, 3.05) is 51.3 Å². The summed E-state index contributed by atoms with van der Waals surface area (Å²) in [6.07, 6.45) is 1.86. The number of hydrogen-bond acceptors (Lipinski definition) is 6. The molecule has 0 unspecified atom stereocenters. The van der Waals surface area contributed by atoms with Crippen LogP contribution in [0.25, 0.3) is 0 Å². The van der Waals surface area contributed by atoms with Crippen molar-refractivity contribution in [1.29, 1.82) is 0 Å². The minimum Gasteiger partial charge on any atom is -0.487 e. The molecular formula is C27H32ClN3O6. The van der Waals surface area contributed by atoms with Gasteiger partial charge in [-0.2, -0.15) is 0 Å². The highest BCUT2D eigenvalue weighted by molar-refractivity contribution is 6.31. The molecule has 0 bridgehead atoms. The van der Waals surface area contributed by atoms with Crippen molar-refractivity contribution in [3.8, 4) is 17.2 Å². The first-order chi connectivity index (χ1) is 17.9. The van der Waals surface area contributed by atoms with E-state index in [1.807, 2.05) is 12.1 Å². The predicted molar refractivity (Wildman–Crippen MR) is 139 cm³/mol. The lowest BCUT2D eigenvalue weighted by Crippen LogP contribution is -2.42. The molecule has 1 N–H and O–H groups in total. The van der Waals surface area contributed by atoms with Gasteiger partial charge in [-0.15, -0.1) is 0 Å². The van der Waals surface area contributed by atoms with E-state index in [0.717, 1.165) is 12.8 Å². The average molecular weight is 530 g/mol. The Kier molecular flexibility index (Phi) is 9.24. The van der Waals surface area contributed by atoms with Gasteiger partial charge in [-0.3, -0.25) is 14.4 Å². The monoisotopic (exact) mass is 529 g/mol. The average Bonchev–Trinajstić information content (AvgIpc) is 2.88. The van der Waals surface area contributed by atoms with Gasteiger partial charge in [-0.05, 0) is 49.1 Å². The summed E-state index contributed by atoms with van der Waals surface area (Å²) in [6.45, 7) is 3.89. The van der Waals surface area contributed by atoms with E-state index in [1.165, 1.54) is 4.90 Å². The minimum absolute atomic E-state index is 0.0561. The summed E-state index contributed by atoms with van der Waals surface area (Å²) in [7, 11) is 0. The molecule has 0 atom stereocenters. The zero-order valence-corrected chi connectivity index (χ0v) is 21.7. The number of piperidine rings is 1. The molecule has 4 rings (SSSR count). The fraction of sp³-hybridized carbons (Fsp3) is 0.444. The fourth-order valence-electron chi connectivity index (χ4n) is 4.43. The zero-order valence-electron chi connectivity index (χ0n) is 20.9. The minimum atomic E-state index is -0.369. The summed E-state index contributed by atoms with van der Waals surface area (Å²) in [5.74, 6) is 1.17. The molecule has 1 fully saturated rings. The molecule has 9 nitrogen and oxygen atoms in total. The number of carbonyl (C=O) groups excluding carboxylic acids is 3. The number of ether oxygens (including phenoxy) is 3. The second-order valence-electron chi connectivity index (χ2n) is 9.17. The summed E-state index contributed by atoms with van der Waals surface area (Å²) in [5.41, 5.74) is 0.391. The van der Waals surface area contributed by atoms with Crippen LogP contribution >= 0.6 is 11.6 Å². The molecule has 2 aromatic carbocycles. The standard InChI is InChI=1S/C27H32ClN3O6/c1-19(32)30-10-8-20(9-11-30)16-27(34)31-12-13-35-14-15-36-24-4-2-3-5-25(24)37-23-7-6-21(28)17-22(23)29-26(33)18-31/h2-7,17,20H,8-16,18H2,1H3,(H,29,33). The number of likely N-dealkylation sites (tertiary alicyclic amines) is 1. The van der Waals surface area contributed by atoms with Gasteiger partial charge in [0.15, 0.2) is 17.2 Å². The zero-order chi connectivity index (χ0) is 26.2. The Labute approximate surface area is 221 Å². The Hall–Kier alpha value is -3.30. The molecule has 198 valence electrons. The van der Waals surface area contributed by atoms with Crippen LogP contribution in [0.5, 0.6) is 17.2 Å². The Morgan fingerprint density at radius 3 is 2.49 bits per heavy atom. The molecule has 2 heterocycles. The largest absolute Gasteiger partial charge is 0.487 e. The van der Waals surface area contributed by atoms with E-state index in [-0.39, 0.29) is 43.3 Å². The Morgan fingerprint density at radius 2 is 1.73 bits per heavy atom. The van der Waals surface area contributed by atoms with Crippen LogP contribution in [0.3, 0.4) is 0 Å². The maximum atomic E-state index is 13.2. The molecule has 0 aromatic heterocycles. The third-order valence-corrected chi connectivity index (χ3v) is 6.72. The molecule has 37 heavy (non-hydrogen) atoms. The van der Waals surface area contributed by atoms with E-state index in [1.54, 1.807) is 42.2 Å². The lowest BCUT2D eigenvalue weighted by molar-refractivity contribution is -0.137. The van der Waals surface area contributed by atoms with Crippen LogP contribution in [0, 0.1) is 5.92 Å². The van der Waals surface area contributed by atoms with E-state index in [4.69, 9.17) is 25.8 Å². The van der Waals surface area contributed by atoms with Crippen molar-refractivity contribution in [1.82, 2.24) is 9.80 Å². The van der Waals surface area contributed by atoms with Crippen LogP contribution in [0.4, 0.5) is 5.69 Å². The van der Waals surface area contributed by atoms with Gasteiger partial charge in [0, 0.05) is 38.0 Å². The highest BCUT2D eigenvalue weighted by atomic mass is 35.5. The van der Waals surface area contributed by atoms with Crippen LogP contribution < -0.4 is 14.8 Å². The summed E-state index contributed by atoms with van der Waals surface area (Å²) in [5, 5.41) is 3.27. The number of benzene rings is 2. The summed E-state index contributed by atoms with van der Waals surface area (Å²) in [4.78, 5) is 41.2. The second kappa shape index (κ2) is 12.8. The van der Waals surface area contributed by atoms with Crippen LogP contribution in [-0.2, 0) is 19.1 Å². The lowest BCUT2D eigenvalue weighted by Gasteiger charge is -2.32. The molecule has 0 radical (unpaired) electrons. The Morgan fingerprint density at radius 1 is 0.973 bits per heavy atom. The van der Waals surface area contributed by atoms with Crippen molar-refractivity contribution in [2.24, 2.45) is 5.92 Å². The smallest absolute Gasteiger partial charge is 0.244 e. The maximum absolute atomic E-state index is 13.2. The topological polar surface area (TPSA) is 97.4 Å². The first kappa shape index (κ1) is 26.8. The quantitative estimate of drug-likeness (QED) is 0.632. The SMILES string of the molecule is CC(=O)N1CCC(CC(=O)N2CCOCCOc3ccccc3Oc3ccc(Cl)cc3NC(=O)C2)CC1. The number of hydrogen-bond donors (Lipinski definition) is 1. The van der Waals surface area contributed by atoms with E-state index < -0.39 is 0 Å². The molecule has 1 saturated heterocycles. The second-order valence-corrected chi connectivity index (χ2v) is 9.60. The molecule has 2 aromatic rings. The predicted octanol–water partition coefficient (Wildman–Crippen LogP) is 3.96. The summed E-state index contributed by atoms with van der Waals surface area (Å²) in [6, 6.07) is 12.2. The van der Waals surface area contributed by atoms with Gasteiger partial charge in [0.2, 0.25) is 17.7 Å². The number of amides is 3. The van der Waals surface area contributed by atoms with E-state index in [9.17, 15) is 14.4 Å². The van der Waals surface area contributed by atoms with Gasteiger partial charge < -0.3 is 29.3 Å². The third kappa shape index (κ3) is 7.60. The number of rotatable bonds is 2. The number of halogens is 1. The third-order valence-electron chi connectivity index (χ3n) is 6.49. The highest BCUT2D eigenvalue weighted by Gasteiger charge is 2.26. The van der Waals surface area contributed by atoms with Crippen LogP contribution in [0.15, 0.2) is 42.5 Å². The van der Waals surface area contributed by atoms with Crippen molar-refractivity contribution in [3.63, 3.8) is 0 Å². The number of anilines is 1. The van der Waals surface area contributed by atoms with Crippen molar-refractivity contribution >= 4 is 35.0 Å². The molecule has 3 amide bonds. The van der Waals surface area contributed by atoms with E-state index >= 15 is 0 Å². The van der Waals surface area contributed by atoms with E-state index in [0.29, 0.717) is 60.7 Å². The lowest BCUT2D eigenvalue weighted by atomic mass is 9.93. The Bertz CT molecular complexity index is 1120. The number of nitrogens with one attached hydrogen (secondary N) is 1. The van der Waals surface area contributed by atoms with Crippen molar-refractivity contribution in [3.05, 3.63) is 47.5 Å². The van der Waals surface area contributed by atoms with Gasteiger partial charge in [0.1, 0.15) is 6.61 Å². The first-order valence-electron chi connectivity index (χ1n) is 12.5. The summed E-state index contributed by atoms with van der Waals surface area (Å²) < 4.78 is 17.6. The summed E-state index contributed by atoms with van der Waals surface area (Å²) >= 11 is 6.20. The van der Waals surface area contributed by atoms with Gasteiger partial charge in [-0.25, -0.2) is 0 Å². The van der Waals surface area contributed by atoms with Gasteiger partial charge >= 0.3 is 0 Å². The van der Waals surface area contributed by atoms with Crippen LogP contribution in [0.1, 0.15) is 26.2 Å². The molecule has 2 aliphatic heterocycles. The molecule has 10 heteroatoms. The molecule has 0 aliphatic carbocycles. The first-order valence-corrected chi connectivity index (χ1v) is 12.9. The fourth-order valence-corrected chi connectivity index (χ4v) is 4.60. The molecular weight excluding hydrogens is 498 g/mol. The van der Waals surface area contributed by atoms with Gasteiger partial charge in [-0.1, -0.05) is 23.7 Å². The van der Waals surface area contributed by atoms with E-state index in [2.05, 4.69) is 5.32 Å². The normalized spacial score (nSPS) is 17.7. The number of fused-ring (bicyclic) bond motifs is 2. The van der Waals surface area contributed by atoms with Crippen LogP contribution in [0.2, 0.25) is 5.02 Å². The van der Waals surface area contributed by atoms with Crippen molar-refractivity contribution < 1.29 is 28.6 Å². The van der Waals surface area contributed by atoms with Gasteiger partial charge in [0.25, 0.3) is 0 Å². The maximum Gasteiger partial charge on any atom is 0.244 e. The number of carbonyl (C=O) groups is 3. The number of nitrogens with zero attached hydrogens (tertiary/aromatic N) is 2. The van der Waals surface area contributed by atoms with Gasteiger partial charge in [0.05, 0.1) is 25.4 Å². The number of para-hydroxylation sites is 2. The van der Waals surface area contributed by atoms with Crippen molar-refractivity contribution in [2.45, 2.75) is 26.2 Å².